The van der Waals surface area contributed by atoms with Crippen molar-refractivity contribution >= 4 is 5.78 Å². The third-order valence-corrected chi connectivity index (χ3v) is 3.76. The molecule has 0 aromatic carbocycles. The first-order valence-electron chi connectivity index (χ1n) is 6.81. The zero-order chi connectivity index (χ0) is 12.7. The van der Waals surface area contributed by atoms with E-state index in [-0.39, 0.29) is 5.78 Å². The van der Waals surface area contributed by atoms with Crippen molar-refractivity contribution in [2.75, 3.05) is 20.3 Å². The monoisotopic (exact) mass is 242 g/mol. The predicted molar refractivity (Wildman–Crippen MR) is 68.1 cm³/mol. The maximum absolute atomic E-state index is 12.3. The van der Waals surface area contributed by atoms with Crippen LogP contribution in [0.1, 0.15) is 52.4 Å². The number of hydrogen-bond donors (Lipinski definition) is 0. The van der Waals surface area contributed by atoms with Crippen molar-refractivity contribution in [2.24, 2.45) is 5.92 Å². The van der Waals surface area contributed by atoms with Crippen molar-refractivity contribution in [3.63, 3.8) is 0 Å². The molecule has 0 aromatic rings. The Balaban J connectivity index is 2.54. The molecule has 0 saturated heterocycles. The largest absolute Gasteiger partial charge is 0.385 e. The number of carbonyl (C=O) groups excluding carboxylic acids is 1. The molecule has 0 bridgehead atoms. The fourth-order valence-electron chi connectivity index (χ4n) is 2.61. The highest BCUT2D eigenvalue weighted by molar-refractivity contribution is 5.87. The Morgan fingerprint density at radius 1 is 1.35 bits per heavy atom. The van der Waals surface area contributed by atoms with Gasteiger partial charge in [0.15, 0.2) is 5.78 Å². The Morgan fingerprint density at radius 3 is 2.53 bits per heavy atom. The van der Waals surface area contributed by atoms with Gasteiger partial charge in [0.2, 0.25) is 0 Å². The lowest BCUT2D eigenvalue weighted by Gasteiger charge is -2.37. The van der Waals surface area contributed by atoms with E-state index in [1.54, 1.807) is 7.11 Å². The molecular formula is C14H26O3. The van der Waals surface area contributed by atoms with Gasteiger partial charge >= 0.3 is 0 Å². The normalized spacial score (nSPS) is 29.2. The van der Waals surface area contributed by atoms with Gasteiger partial charge in [-0.05, 0) is 44.9 Å². The van der Waals surface area contributed by atoms with Crippen molar-refractivity contribution in [3.8, 4) is 0 Å². The van der Waals surface area contributed by atoms with E-state index in [1.165, 1.54) is 0 Å². The standard InChI is InChI=1S/C14H26O3/c1-4-17-14(9-7-12(2)8-10-14)13(15)6-5-11-16-3/h12H,4-11H2,1-3H3. The van der Waals surface area contributed by atoms with E-state index in [0.717, 1.165) is 38.0 Å². The molecule has 1 saturated carbocycles. The SMILES string of the molecule is CCOC1(C(=O)CCCOC)CCC(C)CC1. The maximum Gasteiger partial charge on any atom is 0.164 e. The van der Waals surface area contributed by atoms with Crippen molar-refractivity contribution in [2.45, 2.75) is 58.0 Å². The molecule has 100 valence electrons. The highest BCUT2D eigenvalue weighted by atomic mass is 16.5. The average molecular weight is 242 g/mol. The summed E-state index contributed by atoms with van der Waals surface area (Å²) in [5, 5.41) is 0. The van der Waals surface area contributed by atoms with Gasteiger partial charge in [-0.1, -0.05) is 6.92 Å². The Hall–Kier alpha value is -0.410. The smallest absolute Gasteiger partial charge is 0.164 e. The Bertz CT molecular complexity index is 230. The topological polar surface area (TPSA) is 35.5 Å². The summed E-state index contributed by atoms with van der Waals surface area (Å²) in [6.07, 6.45) is 5.40. The van der Waals surface area contributed by atoms with E-state index < -0.39 is 5.60 Å². The van der Waals surface area contributed by atoms with Gasteiger partial charge in [-0.2, -0.15) is 0 Å². The molecule has 0 unspecified atom stereocenters. The highest BCUT2D eigenvalue weighted by Crippen LogP contribution is 2.36. The number of carbonyl (C=O) groups is 1. The van der Waals surface area contributed by atoms with Crippen LogP contribution in [0.3, 0.4) is 0 Å². The van der Waals surface area contributed by atoms with Crippen LogP contribution in [-0.2, 0) is 14.3 Å². The maximum atomic E-state index is 12.3. The second kappa shape index (κ2) is 7.12. The molecule has 1 aliphatic rings. The predicted octanol–water partition coefficient (Wildman–Crippen LogP) is 2.97. The lowest BCUT2D eigenvalue weighted by atomic mass is 9.76. The lowest BCUT2D eigenvalue weighted by Crippen LogP contribution is -2.44. The van der Waals surface area contributed by atoms with Crippen molar-refractivity contribution in [1.82, 2.24) is 0 Å². The van der Waals surface area contributed by atoms with Gasteiger partial charge in [0.25, 0.3) is 0 Å². The first-order valence-corrected chi connectivity index (χ1v) is 6.81. The molecule has 0 radical (unpaired) electrons. The summed E-state index contributed by atoms with van der Waals surface area (Å²) in [6.45, 7) is 5.52. The molecule has 1 rings (SSSR count). The summed E-state index contributed by atoms with van der Waals surface area (Å²) >= 11 is 0. The molecule has 3 heteroatoms. The highest BCUT2D eigenvalue weighted by Gasteiger charge is 2.40. The Labute approximate surface area is 105 Å². The average Bonchev–Trinajstić information content (AvgIpc) is 2.33. The number of hydrogen-bond acceptors (Lipinski definition) is 3. The summed E-state index contributed by atoms with van der Waals surface area (Å²) < 4.78 is 10.8. The summed E-state index contributed by atoms with van der Waals surface area (Å²) in [5.74, 6) is 1.01. The minimum absolute atomic E-state index is 0.281. The zero-order valence-electron chi connectivity index (χ0n) is 11.5. The van der Waals surface area contributed by atoms with Gasteiger partial charge in [0.1, 0.15) is 5.60 Å². The number of Topliss-reactive ketones (excluding diaryl/α,β-unsaturated/α-hetero) is 1. The minimum Gasteiger partial charge on any atom is -0.385 e. The Kier molecular flexibility index (Phi) is 6.14. The molecule has 17 heavy (non-hydrogen) atoms. The summed E-state index contributed by atoms with van der Waals surface area (Å²) in [5.41, 5.74) is -0.477. The number of methoxy groups -OCH3 is 1. The third-order valence-electron chi connectivity index (χ3n) is 3.76. The third kappa shape index (κ3) is 4.07. The molecule has 0 spiro atoms. The van der Waals surface area contributed by atoms with Gasteiger partial charge in [0, 0.05) is 26.7 Å². The van der Waals surface area contributed by atoms with Gasteiger partial charge in [-0.25, -0.2) is 0 Å². The Morgan fingerprint density at radius 2 is 2.00 bits per heavy atom. The van der Waals surface area contributed by atoms with Crippen LogP contribution in [0.2, 0.25) is 0 Å². The summed E-state index contributed by atoms with van der Waals surface area (Å²) in [7, 11) is 1.67. The van der Waals surface area contributed by atoms with Gasteiger partial charge in [0.05, 0.1) is 0 Å². The quantitative estimate of drug-likeness (QED) is 0.644. The first kappa shape index (κ1) is 14.7. The zero-order valence-corrected chi connectivity index (χ0v) is 11.5. The van der Waals surface area contributed by atoms with Crippen molar-refractivity contribution < 1.29 is 14.3 Å². The molecule has 0 heterocycles. The van der Waals surface area contributed by atoms with E-state index >= 15 is 0 Å². The van der Waals surface area contributed by atoms with Gasteiger partial charge < -0.3 is 9.47 Å². The van der Waals surface area contributed by atoms with Crippen LogP contribution < -0.4 is 0 Å². The van der Waals surface area contributed by atoms with Crippen LogP contribution in [0.4, 0.5) is 0 Å². The van der Waals surface area contributed by atoms with Crippen LogP contribution in [0.5, 0.6) is 0 Å². The molecule has 3 nitrogen and oxygen atoms in total. The fraction of sp³-hybridized carbons (Fsp3) is 0.929. The second-order valence-corrected chi connectivity index (χ2v) is 5.13. The molecule has 1 aliphatic carbocycles. The van der Waals surface area contributed by atoms with E-state index in [1.807, 2.05) is 6.92 Å². The van der Waals surface area contributed by atoms with Gasteiger partial charge in [-0.15, -0.1) is 0 Å². The van der Waals surface area contributed by atoms with E-state index in [2.05, 4.69) is 6.92 Å². The second-order valence-electron chi connectivity index (χ2n) is 5.13. The first-order chi connectivity index (χ1) is 8.14. The van der Waals surface area contributed by atoms with E-state index in [0.29, 0.717) is 19.6 Å². The van der Waals surface area contributed by atoms with Crippen LogP contribution in [-0.4, -0.2) is 31.7 Å². The van der Waals surface area contributed by atoms with Crippen LogP contribution in [0.25, 0.3) is 0 Å². The van der Waals surface area contributed by atoms with E-state index in [9.17, 15) is 4.79 Å². The summed E-state index contributed by atoms with van der Waals surface area (Å²) in [6, 6.07) is 0. The molecule has 0 aliphatic heterocycles. The van der Waals surface area contributed by atoms with E-state index in [4.69, 9.17) is 9.47 Å². The number of ether oxygens (including phenoxy) is 2. The number of rotatable bonds is 7. The molecule has 0 amide bonds. The molecule has 1 fully saturated rings. The lowest BCUT2D eigenvalue weighted by molar-refractivity contribution is -0.150. The molecule has 0 atom stereocenters. The molecule has 0 N–H and O–H groups in total. The van der Waals surface area contributed by atoms with Crippen LogP contribution in [0, 0.1) is 5.92 Å². The van der Waals surface area contributed by atoms with Crippen molar-refractivity contribution in [1.29, 1.82) is 0 Å². The van der Waals surface area contributed by atoms with Crippen LogP contribution >= 0.6 is 0 Å². The molecule has 0 aromatic heterocycles. The van der Waals surface area contributed by atoms with Crippen molar-refractivity contribution in [3.05, 3.63) is 0 Å². The summed E-state index contributed by atoms with van der Waals surface area (Å²) in [4.78, 5) is 12.3. The number of ketones is 1. The van der Waals surface area contributed by atoms with Crippen LogP contribution in [0.15, 0.2) is 0 Å². The van der Waals surface area contributed by atoms with Gasteiger partial charge in [-0.3, -0.25) is 4.79 Å². The molecular weight excluding hydrogens is 216 g/mol. The fourth-order valence-corrected chi connectivity index (χ4v) is 2.61. The minimum atomic E-state index is -0.477.